The Morgan fingerprint density at radius 3 is 2.44 bits per heavy atom. The number of carbonyl (C=O) groups excluding carboxylic acids is 2. The highest BCUT2D eigenvalue weighted by Crippen LogP contribution is 2.32. The van der Waals surface area contributed by atoms with Gasteiger partial charge in [-0.1, -0.05) is 36.4 Å². The lowest BCUT2D eigenvalue weighted by atomic mass is 9.99. The zero-order valence-electron chi connectivity index (χ0n) is 20.9. The maximum absolute atomic E-state index is 12.3. The fourth-order valence-electron chi connectivity index (χ4n) is 3.92. The number of halogens is 1. The Bertz CT molecular complexity index is 1040. The van der Waals surface area contributed by atoms with Crippen LogP contribution in [0, 0.1) is 0 Å². The molecule has 2 aromatic carbocycles. The molecule has 0 atom stereocenters. The van der Waals surface area contributed by atoms with Crippen molar-refractivity contribution in [2.45, 2.75) is 25.8 Å². The minimum absolute atomic E-state index is 0. The maximum Gasteiger partial charge on any atom is 0.249 e. The molecule has 0 radical (unpaired) electrons. The average Bonchev–Trinajstić information content (AvgIpc) is 2.82. The Hall–Kier alpha value is -3.14. The van der Waals surface area contributed by atoms with E-state index in [0.717, 1.165) is 47.5 Å². The van der Waals surface area contributed by atoms with Gasteiger partial charge in [0.2, 0.25) is 11.8 Å². The van der Waals surface area contributed by atoms with Crippen molar-refractivity contribution in [1.29, 1.82) is 0 Å². The number of benzene rings is 2. The highest BCUT2D eigenvalue weighted by atomic mass is 35.5. The van der Waals surface area contributed by atoms with Crippen LogP contribution in [0.5, 0.6) is 5.75 Å². The standard InChI is InChI=1S/C26H35N5O4.ClH/c1-30-12-13-31(25(33)18-30)17-20-4-8-21(9-5-20)22-10-6-19(7-11-24(32)29-26(27)28)16-23(22)35-15-3-14-34-2;/h4-6,8-10,16H,3,7,11-15,17-18H2,1-2H3,(H4,27,28,29,32);1H. The summed E-state index contributed by atoms with van der Waals surface area (Å²) in [7, 11) is 3.63. The number of nitrogens with zero attached hydrogens (tertiary/aromatic N) is 3. The maximum atomic E-state index is 12.3. The smallest absolute Gasteiger partial charge is 0.249 e. The number of rotatable bonds is 11. The lowest BCUT2D eigenvalue weighted by Crippen LogP contribution is -2.48. The van der Waals surface area contributed by atoms with Gasteiger partial charge in [-0.2, -0.15) is 4.99 Å². The minimum Gasteiger partial charge on any atom is -0.493 e. The van der Waals surface area contributed by atoms with Crippen LogP contribution in [0.2, 0.25) is 0 Å². The average molecular weight is 518 g/mol. The van der Waals surface area contributed by atoms with Crippen molar-refractivity contribution in [3.8, 4) is 16.9 Å². The molecule has 0 aromatic heterocycles. The molecule has 1 aliphatic rings. The molecule has 0 bridgehead atoms. The third-order valence-electron chi connectivity index (χ3n) is 5.83. The number of hydrogen-bond donors (Lipinski definition) is 2. The van der Waals surface area contributed by atoms with Crippen LogP contribution in [0.15, 0.2) is 47.5 Å². The summed E-state index contributed by atoms with van der Waals surface area (Å²) in [6.07, 6.45) is 1.48. The first-order chi connectivity index (χ1) is 16.9. The lowest BCUT2D eigenvalue weighted by Gasteiger charge is -2.32. The molecule has 1 fully saturated rings. The fourth-order valence-corrected chi connectivity index (χ4v) is 3.92. The van der Waals surface area contributed by atoms with E-state index in [0.29, 0.717) is 32.7 Å². The molecule has 10 heteroatoms. The summed E-state index contributed by atoms with van der Waals surface area (Å²) in [4.78, 5) is 31.6. The molecule has 196 valence electrons. The summed E-state index contributed by atoms with van der Waals surface area (Å²) >= 11 is 0. The van der Waals surface area contributed by atoms with Gasteiger partial charge in [0.05, 0.1) is 13.2 Å². The van der Waals surface area contributed by atoms with Crippen LogP contribution in [-0.2, 0) is 27.3 Å². The van der Waals surface area contributed by atoms with Gasteiger partial charge in [-0.05, 0) is 36.2 Å². The monoisotopic (exact) mass is 517 g/mol. The molecule has 2 aromatic rings. The van der Waals surface area contributed by atoms with E-state index in [-0.39, 0.29) is 36.6 Å². The second-order valence-electron chi connectivity index (χ2n) is 8.71. The Labute approximate surface area is 218 Å². The minimum atomic E-state index is -0.355. The van der Waals surface area contributed by atoms with Gasteiger partial charge in [0, 0.05) is 51.8 Å². The van der Waals surface area contributed by atoms with Crippen LogP contribution >= 0.6 is 12.4 Å². The fraction of sp³-hybridized carbons (Fsp3) is 0.423. The molecule has 3 rings (SSSR count). The van der Waals surface area contributed by atoms with Gasteiger partial charge in [-0.3, -0.25) is 14.5 Å². The zero-order chi connectivity index (χ0) is 25.2. The van der Waals surface area contributed by atoms with Crippen molar-refractivity contribution in [2.75, 3.05) is 47.0 Å². The molecule has 1 heterocycles. The van der Waals surface area contributed by atoms with Gasteiger partial charge < -0.3 is 25.8 Å². The Kier molecular flexibility index (Phi) is 11.7. The van der Waals surface area contributed by atoms with Crippen molar-refractivity contribution in [3.05, 3.63) is 53.6 Å². The van der Waals surface area contributed by atoms with Gasteiger partial charge >= 0.3 is 0 Å². The van der Waals surface area contributed by atoms with Crippen molar-refractivity contribution in [1.82, 2.24) is 9.80 Å². The quantitative estimate of drug-likeness (QED) is 0.266. The number of methoxy groups -OCH3 is 1. The van der Waals surface area contributed by atoms with E-state index in [4.69, 9.17) is 20.9 Å². The van der Waals surface area contributed by atoms with E-state index in [1.807, 2.05) is 35.0 Å². The predicted molar refractivity (Wildman–Crippen MR) is 143 cm³/mol. The SMILES string of the molecule is COCCCOc1cc(CCC(=O)N=C(N)N)ccc1-c1ccc(CN2CCN(C)CC2=O)cc1.Cl. The molecule has 36 heavy (non-hydrogen) atoms. The molecule has 4 N–H and O–H groups in total. The van der Waals surface area contributed by atoms with Crippen molar-refractivity contribution < 1.29 is 19.1 Å². The molecule has 9 nitrogen and oxygen atoms in total. The van der Waals surface area contributed by atoms with E-state index < -0.39 is 0 Å². The van der Waals surface area contributed by atoms with E-state index in [1.54, 1.807) is 7.11 Å². The van der Waals surface area contributed by atoms with Crippen molar-refractivity contribution in [2.24, 2.45) is 16.5 Å². The van der Waals surface area contributed by atoms with Crippen LogP contribution in [0.3, 0.4) is 0 Å². The first kappa shape index (κ1) is 29.1. The number of carbonyl (C=O) groups is 2. The summed E-state index contributed by atoms with van der Waals surface area (Å²) in [5.41, 5.74) is 14.6. The number of nitrogens with two attached hydrogens (primary N) is 2. The number of amides is 2. The molecule has 0 saturated carbocycles. The molecular weight excluding hydrogens is 482 g/mol. The number of aliphatic imine (C=N–C) groups is 1. The number of aryl methyl sites for hydroxylation is 1. The van der Waals surface area contributed by atoms with Crippen LogP contribution in [-0.4, -0.2) is 74.6 Å². The number of ether oxygens (including phenoxy) is 2. The number of guanidine groups is 1. The van der Waals surface area contributed by atoms with Gasteiger partial charge in [-0.15, -0.1) is 12.4 Å². The van der Waals surface area contributed by atoms with E-state index in [9.17, 15) is 9.59 Å². The van der Waals surface area contributed by atoms with E-state index in [1.165, 1.54) is 0 Å². The van der Waals surface area contributed by atoms with Crippen LogP contribution in [0.25, 0.3) is 11.1 Å². The second kappa shape index (κ2) is 14.4. The first-order valence-corrected chi connectivity index (χ1v) is 11.8. The van der Waals surface area contributed by atoms with E-state index >= 15 is 0 Å². The predicted octanol–water partition coefficient (Wildman–Crippen LogP) is 2.20. The molecule has 0 unspecified atom stereocenters. The van der Waals surface area contributed by atoms with Crippen LogP contribution in [0.4, 0.5) is 0 Å². The normalized spacial score (nSPS) is 13.7. The third-order valence-corrected chi connectivity index (χ3v) is 5.83. The molecule has 2 amide bonds. The van der Waals surface area contributed by atoms with Crippen molar-refractivity contribution in [3.63, 3.8) is 0 Å². The van der Waals surface area contributed by atoms with Gasteiger partial charge in [-0.25, -0.2) is 0 Å². The largest absolute Gasteiger partial charge is 0.493 e. The molecule has 0 spiro atoms. The summed E-state index contributed by atoms with van der Waals surface area (Å²) in [5.74, 6) is 0.317. The van der Waals surface area contributed by atoms with Gasteiger partial charge in [0.15, 0.2) is 5.96 Å². The highest BCUT2D eigenvalue weighted by molar-refractivity contribution is 5.91. The van der Waals surface area contributed by atoms with Gasteiger partial charge in [0.25, 0.3) is 0 Å². The lowest BCUT2D eigenvalue weighted by molar-refractivity contribution is -0.136. The Balaban J connectivity index is 0.00000456. The number of hydrogen-bond acceptors (Lipinski definition) is 5. The number of likely N-dealkylation sites (N-methyl/N-ethyl adjacent to an activating group) is 1. The molecule has 1 aliphatic heterocycles. The molecule has 0 aliphatic carbocycles. The highest BCUT2D eigenvalue weighted by Gasteiger charge is 2.21. The molecular formula is C26H36ClN5O4. The Morgan fingerprint density at radius 2 is 1.78 bits per heavy atom. The topological polar surface area (TPSA) is 123 Å². The summed E-state index contributed by atoms with van der Waals surface area (Å²) in [5, 5.41) is 0. The second-order valence-corrected chi connectivity index (χ2v) is 8.71. The van der Waals surface area contributed by atoms with Crippen molar-refractivity contribution >= 4 is 30.2 Å². The van der Waals surface area contributed by atoms with Crippen LogP contribution in [0.1, 0.15) is 24.0 Å². The first-order valence-electron chi connectivity index (χ1n) is 11.8. The zero-order valence-corrected chi connectivity index (χ0v) is 21.8. The van der Waals surface area contributed by atoms with Gasteiger partial charge in [0.1, 0.15) is 5.75 Å². The summed E-state index contributed by atoms with van der Waals surface area (Å²) in [6, 6.07) is 14.2. The molecule has 1 saturated heterocycles. The Morgan fingerprint density at radius 1 is 1.06 bits per heavy atom. The third kappa shape index (κ3) is 8.82. The summed E-state index contributed by atoms with van der Waals surface area (Å²) in [6.45, 7) is 3.83. The van der Waals surface area contributed by atoms with E-state index in [2.05, 4.69) is 29.3 Å². The number of piperazine rings is 1. The summed E-state index contributed by atoms with van der Waals surface area (Å²) < 4.78 is 11.2. The van der Waals surface area contributed by atoms with Crippen LogP contribution < -0.4 is 16.2 Å².